The smallest absolute Gasteiger partial charge is 0.0349 e. The molecule has 0 N–H and O–H groups in total. The highest BCUT2D eigenvalue weighted by Gasteiger charge is 2.65. The summed E-state index contributed by atoms with van der Waals surface area (Å²) in [6.45, 7) is 6.46. The van der Waals surface area contributed by atoms with Gasteiger partial charge >= 0.3 is 0 Å². The summed E-state index contributed by atoms with van der Waals surface area (Å²) in [4.78, 5) is 0. The second-order valence-corrected chi connectivity index (χ2v) is 3.99. The van der Waals surface area contributed by atoms with Crippen LogP contribution in [0, 0.1) is 29.6 Å². The lowest BCUT2D eigenvalue weighted by atomic mass is 10.0. The van der Waals surface area contributed by atoms with Crippen LogP contribution in [0.5, 0.6) is 0 Å². The van der Waals surface area contributed by atoms with E-state index in [1.165, 1.54) is 23.7 Å². The van der Waals surface area contributed by atoms with Gasteiger partial charge in [0.05, 0.1) is 0 Å². The maximum atomic E-state index is 2.46. The van der Waals surface area contributed by atoms with E-state index in [0.717, 1.165) is 5.92 Å². The van der Waals surface area contributed by atoms with Crippen molar-refractivity contribution in [3.63, 3.8) is 0 Å². The molecule has 0 aliphatic heterocycles. The van der Waals surface area contributed by atoms with Crippen molar-refractivity contribution < 1.29 is 0 Å². The molecular formula is C10H18. The summed E-state index contributed by atoms with van der Waals surface area (Å²) in [6.07, 6.45) is 3.20. The van der Waals surface area contributed by atoms with Crippen molar-refractivity contribution in [2.75, 3.05) is 0 Å². The maximum Gasteiger partial charge on any atom is -0.0349 e. The first kappa shape index (κ1) is 6.69. The highest BCUT2D eigenvalue weighted by molar-refractivity contribution is 5.13. The van der Waals surface area contributed by atoms with Crippen LogP contribution in [0.15, 0.2) is 0 Å². The number of hydrogen-bond acceptors (Lipinski definition) is 0. The predicted octanol–water partition coefficient (Wildman–Crippen LogP) is 2.93. The molecule has 3 aliphatic rings. The highest BCUT2D eigenvalue weighted by atomic mass is 14.7. The largest absolute Gasteiger partial charge is 0.0683 e. The zero-order valence-corrected chi connectivity index (χ0v) is 7.30. The summed E-state index contributed by atoms with van der Waals surface area (Å²) in [6, 6.07) is 0. The van der Waals surface area contributed by atoms with Crippen LogP contribution < -0.4 is 0 Å². The summed E-state index contributed by atoms with van der Waals surface area (Å²) in [5.41, 5.74) is 0. The summed E-state index contributed by atoms with van der Waals surface area (Å²) in [7, 11) is 0. The van der Waals surface area contributed by atoms with Crippen LogP contribution in [0.3, 0.4) is 0 Å². The third-order valence-electron chi connectivity index (χ3n) is 3.68. The summed E-state index contributed by atoms with van der Waals surface area (Å²) >= 11 is 0. The average Bonchev–Trinajstić information content (AvgIpc) is 2.85. The van der Waals surface area contributed by atoms with E-state index in [-0.39, 0.29) is 0 Å². The fourth-order valence-corrected chi connectivity index (χ4v) is 2.98. The van der Waals surface area contributed by atoms with Crippen LogP contribution >= 0.6 is 0 Å². The Morgan fingerprint density at radius 3 is 1.40 bits per heavy atom. The lowest BCUT2D eigenvalue weighted by Gasteiger charge is -2.01. The van der Waals surface area contributed by atoms with Crippen molar-refractivity contribution in [3.05, 3.63) is 0 Å². The van der Waals surface area contributed by atoms with Crippen molar-refractivity contribution >= 4 is 0 Å². The van der Waals surface area contributed by atoms with Gasteiger partial charge in [0.2, 0.25) is 0 Å². The fraction of sp³-hybridized carbons (Fsp3) is 1.00. The Morgan fingerprint density at radius 2 is 1.20 bits per heavy atom. The van der Waals surface area contributed by atoms with Crippen molar-refractivity contribution in [2.45, 2.75) is 33.6 Å². The van der Waals surface area contributed by atoms with Gasteiger partial charge in [-0.05, 0) is 42.4 Å². The predicted molar refractivity (Wildman–Crippen MR) is 43.7 cm³/mol. The Morgan fingerprint density at radius 1 is 0.800 bits per heavy atom. The van der Waals surface area contributed by atoms with Gasteiger partial charge in [0, 0.05) is 0 Å². The van der Waals surface area contributed by atoms with Gasteiger partial charge < -0.3 is 0 Å². The van der Waals surface area contributed by atoms with Gasteiger partial charge in [-0.2, -0.15) is 0 Å². The second kappa shape index (κ2) is 1.99. The number of rotatable bonds is 0. The molecule has 3 fully saturated rings. The summed E-state index contributed by atoms with van der Waals surface area (Å²) in [5.74, 6) is 6.01. The lowest BCUT2D eigenvalue weighted by molar-refractivity contribution is 0.474. The highest BCUT2D eigenvalue weighted by Crippen LogP contribution is 2.72. The van der Waals surface area contributed by atoms with E-state index < -0.39 is 0 Å². The molecule has 0 heterocycles. The molecule has 0 heteroatoms. The molecule has 0 radical (unpaired) electrons. The van der Waals surface area contributed by atoms with Gasteiger partial charge in [-0.25, -0.2) is 0 Å². The van der Waals surface area contributed by atoms with E-state index >= 15 is 0 Å². The molecule has 0 aromatic heterocycles. The van der Waals surface area contributed by atoms with Crippen LogP contribution in [-0.2, 0) is 0 Å². The van der Waals surface area contributed by atoms with E-state index in [4.69, 9.17) is 0 Å². The molecule has 0 aromatic rings. The molecule has 3 saturated carbocycles. The summed E-state index contributed by atoms with van der Waals surface area (Å²) < 4.78 is 0. The Bertz CT molecular complexity index is 113. The first-order valence-electron chi connectivity index (χ1n) is 4.88. The Kier molecular flexibility index (Phi) is 1.33. The topological polar surface area (TPSA) is 0 Å². The Labute approximate surface area is 64.0 Å². The molecule has 3 rings (SSSR count). The van der Waals surface area contributed by atoms with Gasteiger partial charge in [0.1, 0.15) is 0 Å². The monoisotopic (exact) mass is 138 g/mol. The number of fused-ring (bicyclic) bond motifs is 3. The maximum absolute atomic E-state index is 2.46. The Balaban J connectivity index is 0.000000188. The van der Waals surface area contributed by atoms with E-state index in [1.807, 2.05) is 13.8 Å². The second-order valence-electron chi connectivity index (χ2n) is 3.99. The fourth-order valence-electron chi connectivity index (χ4n) is 2.98. The molecule has 4 atom stereocenters. The van der Waals surface area contributed by atoms with Gasteiger partial charge in [-0.3, -0.25) is 0 Å². The molecule has 3 aliphatic carbocycles. The molecule has 0 nitrogen and oxygen atoms in total. The van der Waals surface area contributed by atoms with Crippen molar-refractivity contribution in [1.82, 2.24) is 0 Å². The van der Waals surface area contributed by atoms with Crippen LogP contribution in [0.2, 0.25) is 0 Å². The van der Waals surface area contributed by atoms with E-state index in [0.29, 0.717) is 0 Å². The molecule has 0 aromatic carbocycles. The van der Waals surface area contributed by atoms with Crippen LogP contribution in [-0.4, -0.2) is 0 Å². The van der Waals surface area contributed by atoms with Gasteiger partial charge in [0.15, 0.2) is 0 Å². The minimum absolute atomic E-state index is 1.13. The van der Waals surface area contributed by atoms with E-state index in [9.17, 15) is 0 Å². The van der Waals surface area contributed by atoms with Gasteiger partial charge in [-0.15, -0.1) is 0 Å². The minimum Gasteiger partial charge on any atom is -0.0683 e. The first-order valence-corrected chi connectivity index (χ1v) is 4.88. The standard InChI is InChI=1S/C8H12.C2H6/c1-4-5-2-7(5)8-3-6(4)8;1-2/h4-8H,2-3H2,1H3;1-2H3. The first-order chi connectivity index (χ1) is 4.88. The van der Waals surface area contributed by atoms with E-state index in [1.54, 1.807) is 12.8 Å². The zero-order valence-electron chi connectivity index (χ0n) is 7.30. The molecule has 0 saturated heterocycles. The lowest BCUT2D eigenvalue weighted by Crippen LogP contribution is -1.95. The SMILES string of the molecule is CC.CC1C2CC2C2CC12. The molecule has 0 bridgehead atoms. The van der Waals surface area contributed by atoms with E-state index in [2.05, 4.69) is 6.92 Å². The normalized spacial score (nSPS) is 59.7. The van der Waals surface area contributed by atoms with Crippen LogP contribution in [0.25, 0.3) is 0 Å². The summed E-state index contributed by atoms with van der Waals surface area (Å²) in [5, 5.41) is 0. The molecule has 0 spiro atoms. The quantitative estimate of drug-likeness (QED) is 0.483. The number of hydrogen-bond donors (Lipinski definition) is 0. The third kappa shape index (κ3) is 0.681. The van der Waals surface area contributed by atoms with Gasteiger partial charge in [0.25, 0.3) is 0 Å². The molecule has 58 valence electrons. The van der Waals surface area contributed by atoms with Crippen molar-refractivity contribution in [2.24, 2.45) is 29.6 Å². The molecule has 4 unspecified atom stereocenters. The third-order valence-corrected chi connectivity index (χ3v) is 3.68. The zero-order chi connectivity index (χ0) is 7.30. The van der Waals surface area contributed by atoms with Crippen molar-refractivity contribution in [3.8, 4) is 0 Å². The van der Waals surface area contributed by atoms with Gasteiger partial charge in [-0.1, -0.05) is 20.8 Å². The van der Waals surface area contributed by atoms with Crippen LogP contribution in [0.4, 0.5) is 0 Å². The molecular weight excluding hydrogens is 120 g/mol. The average molecular weight is 138 g/mol. The molecule has 10 heavy (non-hydrogen) atoms. The minimum atomic E-state index is 1.13. The van der Waals surface area contributed by atoms with Crippen molar-refractivity contribution in [1.29, 1.82) is 0 Å². The Hall–Kier alpha value is 0. The molecule has 0 amide bonds. The van der Waals surface area contributed by atoms with Crippen LogP contribution in [0.1, 0.15) is 33.6 Å².